The summed E-state index contributed by atoms with van der Waals surface area (Å²) in [7, 11) is 0.733. The minimum atomic E-state index is 0. The second kappa shape index (κ2) is 12.1. The Morgan fingerprint density at radius 3 is 2.17 bits per heavy atom. The van der Waals surface area contributed by atoms with Crippen molar-refractivity contribution in [3.05, 3.63) is 76.4 Å². The van der Waals surface area contributed by atoms with Gasteiger partial charge in [-0.25, -0.2) is 5.57 Å². The van der Waals surface area contributed by atoms with Crippen molar-refractivity contribution >= 4 is 14.7 Å². The maximum absolute atomic E-state index is 3.93. The fourth-order valence-corrected chi connectivity index (χ4v) is 6.22. The summed E-state index contributed by atoms with van der Waals surface area (Å²) in [5.74, 6) is 0. The second-order valence-electron chi connectivity index (χ2n) is 8.10. The Labute approximate surface area is 213 Å². The number of benzene rings is 1. The third kappa shape index (κ3) is 6.48. The zero-order valence-corrected chi connectivity index (χ0v) is 22.9. The first-order valence-corrected chi connectivity index (χ1v) is 10.3. The monoisotopic (exact) mass is 498 g/mol. The predicted molar refractivity (Wildman–Crippen MR) is 110 cm³/mol. The number of rotatable bonds is 4. The van der Waals surface area contributed by atoms with E-state index in [-0.39, 0.29) is 69.4 Å². The summed E-state index contributed by atoms with van der Waals surface area (Å²) in [4.78, 5) is 0. The van der Waals surface area contributed by atoms with Crippen molar-refractivity contribution in [1.82, 2.24) is 0 Å². The van der Waals surface area contributed by atoms with E-state index < -0.39 is 0 Å². The molecule has 0 N–H and O–H groups in total. The summed E-state index contributed by atoms with van der Waals surface area (Å²) in [5.41, 5.74) is 7.35. The summed E-state index contributed by atoms with van der Waals surface area (Å²) >= 11 is 0. The van der Waals surface area contributed by atoms with Gasteiger partial charge >= 0.3 is 21.7 Å². The SMILES string of the molecule is CC1=[C-]C(CC2(C)C=CC=CC2)([Si]c2cccc(C)c2C)C(C)=C1C.[Cl-].[Cl-].[Cl-].[Ti+4]. The number of hydrogen-bond donors (Lipinski definition) is 0. The summed E-state index contributed by atoms with van der Waals surface area (Å²) in [5, 5.41) is 1.53. The molecule has 0 amide bonds. The molecule has 1 aromatic rings. The average molecular weight is 500 g/mol. The van der Waals surface area contributed by atoms with Crippen molar-refractivity contribution < 1.29 is 58.9 Å². The van der Waals surface area contributed by atoms with Crippen molar-refractivity contribution in [2.75, 3.05) is 0 Å². The van der Waals surface area contributed by atoms with Crippen LogP contribution in [-0.4, -0.2) is 9.52 Å². The van der Waals surface area contributed by atoms with Gasteiger partial charge in [0.1, 0.15) is 0 Å². The molecule has 2 aliphatic rings. The molecular formula is C24H29Cl3SiTi. The molecule has 0 spiro atoms. The molecule has 0 saturated carbocycles. The van der Waals surface area contributed by atoms with E-state index >= 15 is 0 Å². The minimum Gasteiger partial charge on any atom is -1.00 e. The van der Waals surface area contributed by atoms with E-state index in [9.17, 15) is 0 Å². The van der Waals surface area contributed by atoms with Crippen LogP contribution in [0.15, 0.2) is 59.2 Å². The molecule has 3 rings (SSSR count). The first-order valence-electron chi connectivity index (χ1n) is 9.25. The van der Waals surface area contributed by atoms with Crippen molar-refractivity contribution in [1.29, 1.82) is 0 Å². The van der Waals surface area contributed by atoms with Gasteiger partial charge in [0.25, 0.3) is 0 Å². The molecule has 0 fully saturated rings. The molecule has 1 aromatic carbocycles. The van der Waals surface area contributed by atoms with Crippen molar-refractivity contribution in [3.63, 3.8) is 0 Å². The van der Waals surface area contributed by atoms with Crippen LogP contribution in [0.25, 0.3) is 0 Å². The summed E-state index contributed by atoms with van der Waals surface area (Å²) < 4.78 is 0. The van der Waals surface area contributed by atoms with Crippen molar-refractivity contribution in [2.45, 2.75) is 59.4 Å². The topological polar surface area (TPSA) is 0 Å². The van der Waals surface area contributed by atoms with Gasteiger partial charge in [0, 0.05) is 0 Å². The maximum Gasteiger partial charge on any atom is 4.00 e. The van der Waals surface area contributed by atoms with Crippen LogP contribution in [0.1, 0.15) is 51.7 Å². The minimum absolute atomic E-state index is 0. The number of allylic oxidation sites excluding steroid dienone is 8. The number of halogens is 3. The van der Waals surface area contributed by atoms with E-state index in [1.807, 2.05) is 0 Å². The van der Waals surface area contributed by atoms with Gasteiger partial charge < -0.3 is 37.2 Å². The predicted octanol–water partition coefficient (Wildman–Crippen LogP) is -3.19. The Hall–Kier alpha value is -0.0188. The first kappa shape index (κ1) is 31.2. The third-order valence-corrected chi connectivity index (χ3v) is 8.03. The molecule has 2 atom stereocenters. The zero-order chi connectivity index (χ0) is 18.2. The van der Waals surface area contributed by atoms with E-state index in [0.717, 1.165) is 22.4 Å². The second-order valence-corrected chi connectivity index (χ2v) is 9.74. The van der Waals surface area contributed by atoms with Crippen LogP contribution >= 0.6 is 0 Å². The molecule has 0 aliphatic heterocycles. The first-order chi connectivity index (χ1) is 11.8. The Kier molecular flexibility index (Phi) is 13.0. The quantitative estimate of drug-likeness (QED) is 0.303. The van der Waals surface area contributed by atoms with Crippen LogP contribution < -0.4 is 42.4 Å². The summed E-state index contributed by atoms with van der Waals surface area (Å²) in [6, 6.07) is 6.75. The normalized spacial score (nSPS) is 24.7. The zero-order valence-electron chi connectivity index (χ0n) is 18.1. The van der Waals surface area contributed by atoms with Crippen LogP contribution in [-0.2, 0) is 21.7 Å². The van der Waals surface area contributed by atoms with Crippen LogP contribution in [0, 0.1) is 25.3 Å². The molecular weight excluding hydrogens is 471 g/mol. The molecule has 2 aliphatic carbocycles. The third-order valence-electron chi connectivity index (χ3n) is 6.12. The van der Waals surface area contributed by atoms with Gasteiger partial charge in [0.2, 0.25) is 0 Å². The van der Waals surface area contributed by atoms with Crippen molar-refractivity contribution in [2.24, 2.45) is 5.41 Å². The average Bonchev–Trinajstić information content (AvgIpc) is 2.76. The Bertz CT molecular complexity index is 825. The molecule has 0 heterocycles. The van der Waals surface area contributed by atoms with Crippen LogP contribution in [0.4, 0.5) is 0 Å². The molecule has 2 radical (unpaired) electrons. The number of hydrogen-bond acceptors (Lipinski definition) is 0. The molecule has 0 bridgehead atoms. The van der Waals surface area contributed by atoms with Crippen molar-refractivity contribution in [3.8, 4) is 0 Å². The Balaban J connectivity index is 0. The smallest absolute Gasteiger partial charge is 1.00 e. The van der Waals surface area contributed by atoms with E-state index in [1.54, 1.807) is 0 Å². The van der Waals surface area contributed by atoms with Crippen LogP contribution in [0.5, 0.6) is 0 Å². The molecule has 29 heavy (non-hydrogen) atoms. The summed E-state index contributed by atoms with van der Waals surface area (Å²) in [6.45, 7) is 13.7. The van der Waals surface area contributed by atoms with E-state index in [2.05, 4.69) is 90.1 Å². The van der Waals surface area contributed by atoms with E-state index in [0.29, 0.717) is 0 Å². The Morgan fingerprint density at radius 2 is 1.66 bits per heavy atom. The fraction of sp³-hybridized carbons (Fsp3) is 0.417. The fourth-order valence-electron chi connectivity index (χ4n) is 4.08. The summed E-state index contributed by atoms with van der Waals surface area (Å²) in [6.07, 6.45) is 15.3. The van der Waals surface area contributed by atoms with Crippen LogP contribution in [0.2, 0.25) is 5.04 Å². The van der Waals surface area contributed by atoms with Gasteiger partial charge in [-0.05, 0) is 36.8 Å². The molecule has 154 valence electrons. The van der Waals surface area contributed by atoms with Gasteiger partial charge in [-0.3, -0.25) is 6.08 Å². The maximum atomic E-state index is 3.93. The Morgan fingerprint density at radius 1 is 1.00 bits per heavy atom. The molecule has 5 heteroatoms. The van der Waals surface area contributed by atoms with Gasteiger partial charge in [0.05, 0.1) is 9.52 Å². The standard InChI is InChI=1S/C24H29Si.3ClH.Ti/c1-17-11-10-12-22(20(17)4)25-24(15-18(2)19(3)21(24)5)16-23(6)13-8-7-9-14-23;;;;/h7-13H,14,16H2,1-6H3;3*1H;/q-1;;;;+4/p-3. The van der Waals surface area contributed by atoms with Gasteiger partial charge in [-0.15, -0.1) is 6.92 Å². The van der Waals surface area contributed by atoms with E-state index in [1.165, 1.54) is 33.0 Å². The van der Waals surface area contributed by atoms with E-state index in [4.69, 9.17) is 0 Å². The van der Waals surface area contributed by atoms with Gasteiger partial charge in [-0.2, -0.15) is 11.1 Å². The van der Waals surface area contributed by atoms with Gasteiger partial charge in [0.15, 0.2) is 0 Å². The molecule has 2 unspecified atom stereocenters. The van der Waals surface area contributed by atoms with Crippen LogP contribution in [0.3, 0.4) is 0 Å². The molecule has 0 nitrogen and oxygen atoms in total. The molecule has 0 aromatic heterocycles. The molecule has 0 saturated heterocycles. The number of aryl methyl sites for hydroxylation is 1. The largest absolute Gasteiger partial charge is 4.00 e. The van der Waals surface area contributed by atoms with Gasteiger partial charge in [-0.1, -0.05) is 79.9 Å².